The number of aromatic amines is 2. The van der Waals surface area contributed by atoms with E-state index in [1.54, 1.807) is 6.92 Å². The van der Waals surface area contributed by atoms with Gasteiger partial charge in [-0.05, 0) is 6.92 Å². The van der Waals surface area contributed by atoms with E-state index < -0.39 is 41.3 Å². The molecule has 3 atom stereocenters. The van der Waals surface area contributed by atoms with Crippen molar-refractivity contribution >= 4 is 17.1 Å². The predicted octanol–water partition coefficient (Wildman–Crippen LogP) is -2.84. The molecular weight excluding hydrogens is 466 g/mol. The lowest BCUT2D eigenvalue weighted by Gasteiger charge is -2.13. The fourth-order valence-corrected chi connectivity index (χ4v) is 3.19. The summed E-state index contributed by atoms with van der Waals surface area (Å²) in [4.78, 5) is 46.6. The second kappa shape index (κ2) is 11.1. The summed E-state index contributed by atoms with van der Waals surface area (Å²) in [6.07, 6.45) is 5.31. The second-order valence-corrected chi connectivity index (χ2v) is 7.58. The van der Waals surface area contributed by atoms with Crippen LogP contribution in [0, 0.1) is 19.3 Å². The number of hydrogen-bond acceptors (Lipinski definition) is 11. The molecule has 7 N–H and O–H groups in total. The quantitative estimate of drug-likeness (QED) is 0.193. The van der Waals surface area contributed by atoms with Gasteiger partial charge in [-0.2, -0.15) is 4.98 Å². The molecule has 0 aliphatic carbocycles. The number of nitrogens with zero attached hydrogens (tertiary/aromatic N) is 4. The van der Waals surface area contributed by atoms with Gasteiger partial charge in [0.15, 0.2) is 11.2 Å². The number of H-pyrrole nitrogens is 2. The molecule has 0 amide bonds. The Balaban J connectivity index is 0.000000196. The molecule has 1 aliphatic rings. The van der Waals surface area contributed by atoms with Crippen LogP contribution in [0.1, 0.15) is 18.2 Å². The molecule has 3 aromatic rings. The molecule has 0 spiro atoms. The van der Waals surface area contributed by atoms with E-state index in [9.17, 15) is 19.5 Å². The van der Waals surface area contributed by atoms with Crippen LogP contribution in [0.2, 0.25) is 0 Å². The molecule has 0 bridgehead atoms. The van der Waals surface area contributed by atoms with E-state index in [1.165, 1.54) is 21.7 Å². The minimum absolute atomic E-state index is 0.00181. The van der Waals surface area contributed by atoms with Gasteiger partial charge in [0.25, 0.3) is 11.1 Å². The summed E-state index contributed by atoms with van der Waals surface area (Å²) in [5.74, 6) is 2.28. The van der Waals surface area contributed by atoms with Gasteiger partial charge in [0, 0.05) is 18.2 Å². The van der Waals surface area contributed by atoms with Gasteiger partial charge >= 0.3 is 5.69 Å². The Morgan fingerprint density at radius 3 is 2.66 bits per heavy atom. The minimum atomic E-state index is -0.802. The maximum absolute atomic E-state index is 11.6. The number of nitrogens with two attached hydrogens (primary N) is 1. The summed E-state index contributed by atoms with van der Waals surface area (Å²) in [5, 5.41) is 27.3. The number of aliphatic hydroxyl groups excluding tert-OH is 3. The SMILES string of the molecule is C#C[C@H]1O[C@@H](n2cc(C)c(=O)[nH]c2=O)C[C@@H]1O.Nc1nc2c(ncn2COC(CO)CO)c(=O)[nH]1. The van der Waals surface area contributed by atoms with Crippen LogP contribution in [-0.4, -0.2) is 75.9 Å². The lowest BCUT2D eigenvalue weighted by molar-refractivity contribution is -0.0488. The summed E-state index contributed by atoms with van der Waals surface area (Å²) in [7, 11) is 0. The fraction of sp³-hybridized carbons (Fsp3) is 0.450. The van der Waals surface area contributed by atoms with Crippen molar-refractivity contribution in [1.82, 2.24) is 29.1 Å². The molecule has 1 fully saturated rings. The minimum Gasteiger partial charge on any atom is -0.394 e. The number of anilines is 1. The van der Waals surface area contributed by atoms with E-state index in [0.29, 0.717) is 5.56 Å². The number of aliphatic hydroxyl groups is 3. The molecule has 0 radical (unpaired) electrons. The standard InChI is InChI=1S/C11H12N2O4.C9H13N5O4/c1-3-8-7(14)4-9(17-8)13-5-6(2)10(15)12-11(13)16;10-9-12-7-6(8(17)13-9)11-3-14(7)4-18-5(1-15)2-16/h1,5,7-9,14H,4H2,2H3,(H,12,15,16);3,5,15-16H,1-2,4H2,(H3,10,12,13,17)/t7-,8+,9+;/m0./s1. The Labute approximate surface area is 196 Å². The molecule has 4 heterocycles. The van der Waals surface area contributed by atoms with E-state index in [1.807, 2.05) is 0 Å². The number of rotatable bonds is 6. The summed E-state index contributed by atoms with van der Waals surface area (Å²) in [6.45, 7) is 0.968. The first kappa shape index (κ1) is 25.8. The van der Waals surface area contributed by atoms with E-state index in [-0.39, 0.29) is 43.5 Å². The van der Waals surface area contributed by atoms with Crippen molar-refractivity contribution in [3.05, 3.63) is 49.3 Å². The number of aryl methyl sites for hydroxylation is 1. The third-order valence-corrected chi connectivity index (χ3v) is 5.07. The zero-order valence-electron chi connectivity index (χ0n) is 18.6. The molecule has 0 saturated carbocycles. The third-order valence-electron chi connectivity index (χ3n) is 5.07. The molecule has 0 aromatic carbocycles. The number of nitrogen functional groups attached to an aromatic ring is 1. The Hall–Kier alpha value is -3.81. The number of imidazole rings is 1. The first-order valence-electron chi connectivity index (χ1n) is 10.3. The topological polar surface area (TPSA) is 224 Å². The van der Waals surface area contributed by atoms with Crippen molar-refractivity contribution in [2.75, 3.05) is 18.9 Å². The van der Waals surface area contributed by atoms with Crippen LogP contribution >= 0.6 is 0 Å². The molecule has 35 heavy (non-hydrogen) atoms. The van der Waals surface area contributed by atoms with Crippen LogP contribution in [-0.2, 0) is 16.2 Å². The number of ether oxygens (including phenoxy) is 2. The van der Waals surface area contributed by atoms with Gasteiger partial charge in [-0.15, -0.1) is 6.42 Å². The first-order valence-corrected chi connectivity index (χ1v) is 10.3. The van der Waals surface area contributed by atoms with Crippen LogP contribution in [0.25, 0.3) is 11.2 Å². The molecule has 1 aliphatic heterocycles. The van der Waals surface area contributed by atoms with Crippen molar-refractivity contribution in [3.63, 3.8) is 0 Å². The normalized spacial score (nSPS) is 19.5. The monoisotopic (exact) mass is 491 g/mol. The van der Waals surface area contributed by atoms with Gasteiger partial charge in [0.05, 0.1) is 25.6 Å². The molecule has 1 saturated heterocycles. The molecule has 15 nitrogen and oxygen atoms in total. The number of fused-ring (bicyclic) bond motifs is 1. The Bertz CT molecular complexity index is 1380. The number of nitrogens with one attached hydrogen (secondary N) is 2. The molecule has 15 heteroatoms. The van der Waals surface area contributed by atoms with Gasteiger partial charge < -0.3 is 30.5 Å². The van der Waals surface area contributed by atoms with E-state index in [2.05, 4.69) is 25.9 Å². The van der Waals surface area contributed by atoms with Crippen molar-refractivity contribution in [1.29, 1.82) is 0 Å². The summed E-state index contributed by atoms with van der Waals surface area (Å²) in [6, 6.07) is 0. The van der Waals surface area contributed by atoms with Gasteiger partial charge in [-0.1, -0.05) is 5.92 Å². The highest BCUT2D eigenvalue weighted by Crippen LogP contribution is 2.26. The van der Waals surface area contributed by atoms with Crippen LogP contribution < -0.4 is 22.5 Å². The molecular formula is C20H25N7O8. The van der Waals surface area contributed by atoms with Gasteiger partial charge in [0.2, 0.25) is 5.95 Å². The number of terminal acetylenes is 1. The van der Waals surface area contributed by atoms with Crippen molar-refractivity contribution in [2.24, 2.45) is 0 Å². The maximum Gasteiger partial charge on any atom is 0.330 e. The third kappa shape index (κ3) is 5.82. The average Bonchev–Trinajstić information content (AvgIpc) is 3.40. The fourth-order valence-electron chi connectivity index (χ4n) is 3.19. The van der Waals surface area contributed by atoms with Crippen LogP contribution in [0.3, 0.4) is 0 Å². The largest absolute Gasteiger partial charge is 0.394 e. The van der Waals surface area contributed by atoms with E-state index in [0.717, 1.165) is 0 Å². The maximum atomic E-state index is 11.6. The highest BCUT2D eigenvalue weighted by Gasteiger charge is 2.34. The van der Waals surface area contributed by atoms with Crippen LogP contribution in [0.4, 0.5) is 5.95 Å². The Morgan fingerprint density at radius 2 is 2.03 bits per heavy atom. The first-order chi connectivity index (χ1) is 16.7. The van der Waals surface area contributed by atoms with Crippen molar-refractivity contribution in [2.45, 2.75) is 44.6 Å². The lowest BCUT2D eigenvalue weighted by Crippen LogP contribution is -2.33. The lowest BCUT2D eigenvalue weighted by atomic mass is 10.2. The van der Waals surface area contributed by atoms with Gasteiger partial charge in [-0.3, -0.25) is 28.7 Å². The van der Waals surface area contributed by atoms with Crippen LogP contribution in [0.5, 0.6) is 0 Å². The highest BCUT2D eigenvalue weighted by atomic mass is 16.5. The zero-order chi connectivity index (χ0) is 25.7. The predicted molar refractivity (Wildman–Crippen MR) is 121 cm³/mol. The van der Waals surface area contributed by atoms with E-state index >= 15 is 0 Å². The summed E-state index contributed by atoms with van der Waals surface area (Å²) >= 11 is 0. The van der Waals surface area contributed by atoms with Crippen LogP contribution in [0.15, 0.2) is 26.9 Å². The molecule has 0 unspecified atom stereocenters. The number of hydrogen-bond donors (Lipinski definition) is 6. The highest BCUT2D eigenvalue weighted by molar-refractivity contribution is 5.70. The number of aromatic nitrogens is 6. The smallest absolute Gasteiger partial charge is 0.330 e. The molecule has 188 valence electrons. The Kier molecular flexibility index (Phi) is 8.17. The molecule has 3 aromatic heterocycles. The van der Waals surface area contributed by atoms with Crippen molar-refractivity contribution < 1.29 is 24.8 Å². The second-order valence-electron chi connectivity index (χ2n) is 7.58. The average molecular weight is 491 g/mol. The Morgan fingerprint density at radius 1 is 1.31 bits per heavy atom. The molecule has 4 rings (SSSR count). The van der Waals surface area contributed by atoms with Crippen molar-refractivity contribution in [3.8, 4) is 12.3 Å². The zero-order valence-corrected chi connectivity index (χ0v) is 18.6. The van der Waals surface area contributed by atoms with Gasteiger partial charge in [0.1, 0.15) is 25.2 Å². The van der Waals surface area contributed by atoms with Gasteiger partial charge in [-0.25, -0.2) is 9.78 Å². The summed E-state index contributed by atoms with van der Waals surface area (Å²) < 4.78 is 13.2. The van der Waals surface area contributed by atoms with E-state index in [4.69, 9.17) is 31.8 Å². The summed E-state index contributed by atoms with van der Waals surface area (Å²) in [5.41, 5.74) is 4.82.